The maximum Gasteiger partial charge on any atom is 0.126 e. The monoisotopic (exact) mass is 182 g/mol. The van der Waals surface area contributed by atoms with Crippen LogP contribution in [0.25, 0.3) is 0 Å². The molecule has 0 saturated carbocycles. The predicted molar refractivity (Wildman–Crippen MR) is 51.3 cm³/mol. The molecule has 72 valence electrons. The molecule has 0 unspecified atom stereocenters. The van der Waals surface area contributed by atoms with Crippen molar-refractivity contribution in [2.75, 3.05) is 13.7 Å². The molecule has 2 heteroatoms. The molecule has 1 aromatic rings. The molecule has 0 fully saturated rings. The van der Waals surface area contributed by atoms with Crippen LogP contribution >= 0.6 is 0 Å². The summed E-state index contributed by atoms with van der Waals surface area (Å²) >= 11 is 0. The Morgan fingerprint density at radius 3 is 2.77 bits per heavy atom. The lowest BCUT2D eigenvalue weighted by atomic mass is 10.1. The summed E-state index contributed by atoms with van der Waals surface area (Å²) in [5, 5.41) is 0. The first-order valence-electron chi connectivity index (χ1n) is 4.48. The molecule has 0 saturated heterocycles. The van der Waals surface area contributed by atoms with Gasteiger partial charge in [-0.2, -0.15) is 0 Å². The summed E-state index contributed by atoms with van der Waals surface area (Å²) in [5.74, 6) is -0.101. The molecule has 0 aliphatic heterocycles. The van der Waals surface area contributed by atoms with Crippen LogP contribution in [0.1, 0.15) is 17.5 Å². The molecule has 0 N–H and O–H groups in total. The summed E-state index contributed by atoms with van der Waals surface area (Å²) < 4.78 is 18.1. The Morgan fingerprint density at radius 2 is 2.15 bits per heavy atom. The number of hydrogen-bond donors (Lipinski definition) is 0. The van der Waals surface area contributed by atoms with E-state index < -0.39 is 0 Å². The molecule has 0 atom stereocenters. The van der Waals surface area contributed by atoms with E-state index in [9.17, 15) is 4.39 Å². The van der Waals surface area contributed by atoms with Crippen molar-refractivity contribution in [3.8, 4) is 0 Å². The van der Waals surface area contributed by atoms with Gasteiger partial charge < -0.3 is 4.74 Å². The van der Waals surface area contributed by atoms with Crippen LogP contribution in [0.2, 0.25) is 0 Å². The van der Waals surface area contributed by atoms with Gasteiger partial charge in [-0.1, -0.05) is 12.1 Å². The first kappa shape index (κ1) is 10.2. The van der Waals surface area contributed by atoms with Crippen molar-refractivity contribution in [2.24, 2.45) is 0 Å². The van der Waals surface area contributed by atoms with Gasteiger partial charge in [-0.3, -0.25) is 0 Å². The van der Waals surface area contributed by atoms with Gasteiger partial charge in [0.2, 0.25) is 0 Å². The van der Waals surface area contributed by atoms with Gasteiger partial charge in [-0.05, 0) is 37.0 Å². The predicted octanol–water partition coefficient (Wildman–Crippen LogP) is 2.71. The zero-order chi connectivity index (χ0) is 9.68. The van der Waals surface area contributed by atoms with E-state index in [-0.39, 0.29) is 5.82 Å². The second kappa shape index (κ2) is 4.97. The molecule has 0 amide bonds. The summed E-state index contributed by atoms with van der Waals surface area (Å²) in [6.07, 6.45) is 1.62. The SMILES string of the molecule is COCCCc1ccc(C)cc1F. The minimum atomic E-state index is -0.101. The van der Waals surface area contributed by atoms with Gasteiger partial charge in [0.05, 0.1) is 0 Å². The third-order valence-electron chi connectivity index (χ3n) is 2.00. The summed E-state index contributed by atoms with van der Waals surface area (Å²) in [6.45, 7) is 2.58. The molecular formula is C11H15FO. The number of hydrogen-bond acceptors (Lipinski definition) is 1. The van der Waals surface area contributed by atoms with Crippen molar-refractivity contribution in [1.29, 1.82) is 0 Å². The fourth-order valence-corrected chi connectivity index (χ4v) is 1.26. The van der Waals surface area contributed by atoms with E-state index in [4.69, 9.17) is 4.74 Å². The Kier molecular flexibility index (Phi) is 3.90. The molecule has 0 aromatic heterocycles. The van der Waals surface area contributed by atoms with E-state index in [1.807, 2.05) is 19.1 Å². The highest BCUT2D eigenvalue weighted by atomic mass is 19.1. The average Bonchev–Trinajstić information content (AvgIpc) is 2.09. The van der Waals surface area contributed by atoms with E-state index in [0.29, 0.717) is 6.61 Å². The van der Waals surface area contributed by atoms with E-state index in [1.54, 1.807) is 13.2 Å². The largest absolute Gasteiger partial charge is 0.385 e. The van der Waals surface area contributed by atoms with E-state index in [1.165, 1.54) is 0 Å². The Morgan fingerprint density at radius 1 is 1.38 bits per heavy atom. The Labute approximate surface area is 78.5 Å². The van der Waals surface area contributed by atoms with Crippen molar-refractivity contribution < 1.29 is 9.13 Å². The van der Waals surface area contributed by atoms with Crippen LogP contribution in [0.4, 0.5) is 4.39 Å². The minimum Gasteiger partial charge on any atom is -0.385 e. The summed E-state index contributed by atoms with van der Waals surface area (Å²) in [7, 11) is 1.66. The van der Waals surface area contributed by atoms with Gasteiger partial charge in [0.1, 0.15) is 5.82 Å². The van der Waals surface area contributed by atoms with Crippen LogP contribution in [-0.2, 0) is 11.2 Å². The topological polar surface area (TPSA) is 9.23 Å². The molecule has 1 nitrogen and oxygen atoms in total. The van der Waals surface area contributed by atoms with Crippen molar-refractivity contribution >= 4 is 0 Å². The first-order valence-corrected chi connectivity index (χ1v) is 4.48. The highest BCUT2D eigenvalue weighted by Crippen LogP contribution is 2.11. The maximum absolute atomic E-state index is 13.2. The van der Waals surface area contributed by atoms with Gasteiger partial charge in [0, 0.05) is 13.7 Å². The molecular weight excluding hydrogens is 167 g/mol. The van der Waals surface area contributed by atoms with Gasteiger partial charge in [0.15, 0.2) is 0 Å². The Hall–Kier alpha value is -0.890. The van der Waals surface area contributed by atoms with Crippen LogP contribution in [0, 0.1) is 12.7 Å². The van der Waals surface area contributed by atoms with Crippen LogP contribution in [0.5, 0.6) is 0 Å². The lowest BCUT2D eigenvalue weighted by molar-refractivity contribution is 0.195. The van der Waals surface area contributed by atoms with Crippen molar-refractivity contribution in [1.82, 2.24) is 0 Å². The summed E-state index contributed by atoms with van der Waals surface area (Å²) in [6, 6.07) is 5.35. The van der Waals surface area contributed by atoms with Crippen molar-refractivity contribution in [2.45, 2.75) is 19.8 Å². The standard InChI is InChI=1S/C11H15FO/c1-9-5-6-10(11(12)8-9)4-3-7-13-2/h5-6,8H,3-4,7H2,1-2H3. The normalized spacial score (nSPS) is 10.4. The lowest BCUT2D eigenvalue weighted by Gasteiger charge is -2.03. The highest BCUT2D eigenvalue weighted by molar-refractivity contribution is 5.23. The fraction of sp³-hybridized carbons (Fsp3) is 0.455. The molecule has 0 bridgehead atoms. The molecule has 1 aromatic carbocycles. The Bertz CT molecular complexity index is 271. The van der Waals surface area contributed by atoms with Gasteiger partial charge >= 0.3 is 0 Å². The van der Waals surface area contributed by atoms with E-state index in [2.05, 4.69) is 0 Å². The molecule has 0 aliphatic rings. The van der Waals surface area contributed by atoms with Crippen LogP contribution in [-0.4, -0.2) is 13.7 Å². The fourth-order valence-electron chi connectivity index (χ4n) is 1.26. The van der Waals surface area contributed by atoms with Crippen LogP contribution < -0.4 is 0 Å². The number of rotatable bonds is 4. The second-order valence-corrected chi connectivity index (χ2v) is 3.19. The van der Waals surface area contributed by atoms with Crippen molar-refractivity contribution in [3.63, 3.8) is 0 Å². The molecule has 13 heavy (non-hydrogen) atoms. The number of benzene rings is 1. The molecule has 0 aliphatic carbocycles. The van der Waals surface area contributed by atoms with Crippen LogP contribution in [0.15, 0.2) is 18.2 Å². The van der Waals surface area contributed by atoms with Crippen molar-refractivity contribution in [3.05, 3.63) is 35.1 Å². The number of halogens is 1. The zero-order valence-electron chi connectivity index (χ0n) is 8.14. The third kappa shape index (κ3) is 3.15. The maximum atomic E-state index is 13.2. The average molecular weight is 182 g/mol. The number of aryl methyl sites for hydroxylation is 2. The minimum absolute atomic E-state index is 0.101. The van der Waals surface area contributed by atoms with Gasteiger partial charge in [-0.25, -0.2) is 4.39 Å². The highest BCUT2D eigenvalue weighted by Gasteiger charge is 2.00. The Balaban J connectivity index is 2.56. The smallest absolute Gasteiger partial charge is 0.126 e. The molecule has 0 heterocycles. The molecule has 0 radical (unpaired) electrons. The van der Waals surface area contributed by atoms with Crippen LogP contribution in [0.3, 0.4) is 0 Å². The summed E-state index contributed by atoms with van der Waals surface area (Å²) in [5.41, 5.74) is 1.75. The lowest BCUT2D eigenvalue weighted by Crippen LogP contribution is -1.95. The van der Waals surface area contributed by atoms with E-state index >= 15 is 0 Å². The first-order chi connectivity index (χ1) is 6.24. The number of methoxy groups -OCH3 is 1. The van der Waals surface area contributed by atoms with Gasteiger partial charge in [-0.15, -0.1) is 0 Å². The second-order valence-electron chi connectivity index (χ2n) is 3.19. The number of ether oxygens (including phenoxy) is 1. The van der Waals surface area contributed by atoms with Gasteiger partial charge in [0.25, 0.3) is 0 Å². The zero-order valence-corrected chi connectivity index (χ0v) is 8.14. The molecule has 1 rings (SSSR count). The molecule has 0 spiro atoms. The third-order valence-corrected chi connectivity index (χ3v) is 2.00. The summed E-state index contributed by atoms with van der Waals surface area (Å²) in [4.78, 5) is 0. The van der Waals surface area contributed by atoms with E-state index in [0.717, 1.165) is 24.0 Å². The quantitative estimate of drug-likeness (QED) is 0.650.